The van der Waals surface area contributed by atoms with E-state index in [1.54, 1.807) is 6.07 Å². The second-order valence-corrected chi connectivity index (χ2v) is 22.0. The number of carbonyl (C=O) groups excluding carboxylic acids is 3. The van der Waals surface area contributed by atoms with Crippen LogP contribution in [0.15, 0.2) is 84.9 Å². The summed E-state index contributed by atoms with van der Waals surface area (Å²) in [6.07, 6.45) is 1.28. The third-order valence-corrected chi connectivity index (χ3v) is 16.6. The van der Waals surface area contributed by atoms with Gasteiger partial charge in [0.15, 0.2) is 20.7 Å². The lowest BCUT2D eigenvalue weighted by atomic mass is 9.96. The van der Waals surface area contributed by atoms with Crippen LogP contribution in [-0.2, 0) is 26.9 Å². The van der Waals surface area contributed by atoms with E-state index in [4.69, 9.17) is 13.9 Å². The summed E-state index contributed by atoms with van der Waals surface area (Å²) in [4.78, 5) is 42.9. The van der Waals surface area contributed by atoms with E-state index in [1.165, 1.54) is 0 Å². The van der Waals surface area contributed by atoms with E-state index in [0.29, 0.717) is 31.9 Å². The van der Waals surface area contributed by atoms with Gasteiger partial charge in [0.05, 0.1) is 11.8 Å². The Balaban J connectivity index is 0.892. The lowest BCUT2D eigenvalue weighted by molar-refractivity contribution is -0.118. The molecule has 1 atom stereocenters. The molecule has 1 fully saturated rings. The Kier molecular flexibility index (Phi) is 12.8. The number of carbonyl (C=O) groups is 3. The highest BCUT2D eigenvalue weighted by Gasteiger charge is 2.40. The standard InChI is InChI=1S/C46H57N5O7Si/c1-46(2,3)59(4,5)58-40(37-17-18-39(52)42-43(37)56-30-41(53)49-42)29-47-28-31-15-16-36-33(27-31)19-24-51(44(36)54)26-25-50-22-20-34(21-23-50)57-45(55)48-38-14-10-9-13-35(38)32-11-7-6-8-12-32/h6-18,27,34,40,47,52H,19-26,28-30H2,1-5H3,(H,48,55)(H,49,53)/t40-/m0/s1. The topological polar surface area (TPSA) is 142 Å². The van der Waals surface area contributed by atoms with Gasteiger partial charge in [-0.25, -0.2) is 4.79 Å². The number of para-hydroxylation sites is 1. The predicted molar refractivity (Wildman–Crippen MR) is 232 cm³/mol. The highest BCUT2D eigenvalue weighted by molar-refractivity contribution is 6.74. The molecule has 0 saturated carbocycles. The summed E-state index contributed by atoms with van der Waals surface area (Å²) in [7, 11) is -2.25. The van der Waals surface area contributed by atoms with Gasteiger partial charge in [0.1, 0.15) is 17.5 Å². The fraction of sp³-hybridized carbons (Fsp3) is 0.413. The van der Waals surface area contributed by atoms with Gasteiger partial charge in [-0.1, -0.05) is 81.4 Å². The van der Waals surface area contributed by atoms with Crippen molar-refractivity contribution < 1.29 is 33.4 Å². The molecular weight excluding hydrogens is 763 g/mol. The average molecular weight is 820 g/mol. The van der Waals surface area contributed by atoms with Crippen LogP contribution < -0.4 is 20.7 Å². The molecule has 12 nitrogen and oxygen atoms in total. The van der Waals surface area contributed by atoms with Crippen molar-refractivity contribution in [1.29, 1.82) is 0 Å². The molecule has 4 aromatic rings. The molecule has 0 aromatic heterocycles. The van der Waals surface area contributed by atoms with Gasteiger partial charge < -0.3 is 39.4 Å². The Labute approximate surface area is 348 Å². The maximum absolute atomic E-state index is 13.6. The van der Waals surface area contributed by atoms with Crippen LogP contribution in [0, 0.1) is 0 Å². The number of anilines is 2. The van der Waals surface area contributed by atoms with Crippen molar-refractivity contribution in [2.24, 2.45) is 0 Å². The zero-order chi connectivity index (χ0) is 41.7. The highest BCUT2D eigenvalue weighted by Crippen LogP contribution is 2.45. The van der Waals surface area contributed by atoms with Crippen LogP contribution in [-0.4, -0.2) is 93.1 Å². The van der Waals surface area contributed by atoms with E-state index in [2.05, 4.69) is 60.8 Å². The van der Waals surface area contributed by atoms with Crippen molar-refractivity contribution in [1.82, 2.24) is 15.1 Å². The zero-order valence-electron chi connectivity index (χ0n) is 34.8. The number of nitrogens with zero attached hydrogens (tertiary/aromatic N) is 2. The smallest absolute Gasteiger partial charge is 0.411 e. The van der Waals surface area contributed by atoms with Crippen molar-refractivity contribution in [3.8, 4) is 22.6 Å². The summed E-state index contributed by atoms with van der Waals surface area (Å²) in [5.74, 6) is 0.135. The molecule has 3 aliphatic rings. The number of rotatable bonds is 13. The molecule has 4 N–H and O–H groups in total. The third kappa shape index (κ3) is 9.98. The number of phenols is 1. The second kappa shape index (κ2) is 18.0. The molecule has 0 radical (unpaired) electrons. The first kappa shape index (κ1) is 41.9. The van der Waals surface area contributed by atoms with Crippen molar-refractivity contribution in [3.63, 3.8) is 0 Å². The van der Waals surface area contributed by atoms with Crippen molar-refractivity contribution >= 4 is 37.6 Å². The first-order chi connectivity index (χ1) is 28.3. The van der Waals surface area contributed by atoms with Gasteiger partial charge in [-0.3, -0.25) is 14.9 Å². The molecule has 3 aliphatic heterocycles. The quantitative estimate of drug-likeness (QED) is 0.0782. The lowest BCUT2D eigenvalue weighted by Crippen LogP contribution is -2.45. The lowest BCUT2D eigenvalue weighted by Gasteiger charge is -2.40. The molecule has 13 heteroatoms. The molecule has 7 rings (SSSR count). The Morgan fingerprint density at radius 3 is 2.46 bits per heavy atom. The second-order valence-electron chi connectivity index (χ2n) is 17.2. The summed E-state index contributed by atoms with van der Waals surface area (Å²) < 4.78 is 18.6. The zero-order valence-corrected chi connectivity index (χ0v) is 35.8. The molecule has 3 heterocycles. The normalized spacial score (nSPS) is 16.7. The first-order valence-electron chi connectivity index (χ1n) is 20.7. The van der Waals surface area contributed by atoms with E-state index in [1.807, 2.05) is 77.7 Å². The Bertz CT molecular complexity index is 2150. The predicted octanol–water partition coefficient (Wildman–Crippen LogP) is 7.95. The minimum atomic E-state index is -2.25. The molecular formula is C46H57N5O7Si. The number of piperidine rings is 1. The number of hydrogen-bond donors (Lipinski definition) is 4. The van der Waals surface area contributed by atoms with Gasteiger partial charge in [0.2, 0.25) is 0 Å². The van der Waals surface area contributed by atoms with E-state index in [0.717, 1.165) is 78.0 Å². The summed E-state index contributed by atoms with van der Waals surface area (Å²) in [5, 5.41) is 19.7. The van der Waals surface area contributed by atoms with Crippen LogP contribution in [0.4, 0.5) is 16.2 Å². The number of phenolic OH excluding ortho intramolecular Hbond substituents is 1. The molecule has 4 aromatic carbocycles. The van der Waals surface area contributed by atoms with Crippen LogP contribution in [0.5, 0.6) is 11.5 Å². The fourth-order valence-electron chi connectivity index (χ4n) is 7.70. The van der Waals surface area contributed by atoms with Crippen LogP contribution in [0.3, 0.4) is 0 Å². The van der Waals surface area contributed by atoms with Crippen LogP contribution in [0.2, 0.25) is 18.1 Å². The van der Waals surface area contributed by atoms with Gasteiger partial charge >= 0.3 is 6.09 Å². The van der Waals surface area contributed by atoms with E-state index >= 15 is 0 Å². The highest BCUT2D eigenvalue weighted by atomic mass is 28.4. The number of aromatic hydroxyl groups is 1. The van der Waals surface area contributed by atoms with Crippen molar-refractivity contribution in [3.05, 3.63) is 107 Å². The summed E-state index contributed by atoms with van der Waals surface area (Å²) in [5.41, 5.74) is 6.62. The van der Waals surface area contributed by atoms with E-state index < -0.39 is 14.4 Å². The van der Waals surface area contributed by atoms with Gasteiger partial charge in [0, 0.05) is 62.5 Å². The summed E-state index contributed by atoms with van der Waals surface area (Å²) in [6.45, 7) is 15.6. The van der Waals surface area contributed by atoms with Gasteiger partial charge in [-0.2, -0.15) is 0 Å². The number of hydrogen-bond acceptors (Lipinski definition) is 9. The fourth-order valence-corrected chi connectivity index (χ4v) is 8.98. The summed E-state index contributed by atoms with van der Waals surface area (Å²) in [6, 6.07) is 27.2. The van der Waals surface area contributed by atoms with Crippen LogP contribution in [0.1, 0.15) is 66.8 Å². The molecule has 1 saturated heterocycles. The molecule has 0 aliphatic carbocycles. The third-order valence-electron chi connectivity index (χ3n) is 12.1. The maximum atomic E-state index is 13.6. The largest absolute Gasteiger partial charge is 0.506 e. The number of nitrogens with one attached hydrogen (secondary N) is 3. The average Bonchev–Trinajstić information content (AvgIpc) is 3.21. The molecule has 0 bridgehead atoms. The van der Waals surface area contributed by atoms with Crippen LogP contribution in [0.25, 0.3) is 11.1 Å². The van der Waals surface area contributed by atoms with Crippen molar-refractivity contribution in [2.75, 3.05) is 56.5 Å². The SMILES string of the molecule is CC(C)(C)[Si](C)(C)O[C@@H](CNCc1ccc2c(c1)CCN(CCN1CCC(OC(=O)Nc3ccccc3-c3ccccc3)CC1)C2=O)c1ccc(O)c2c1OCC(=O)N2. The number of ether oxygens (including phenoxy) is 2. The molecule has 59 heavy (non-hydrogen) atoms. The number of amides is 3. The van der Waals surface area contributed by atoms with E-state index in [9.17, 15) is 19.5 Å². The minimum Gasteiger partial charge on any atom is -0.506 e. The number of benzene rings is 4. The summed E-state index contributed by atoms with van der Waals surface area (Å²) >= 11 is 0. The van der Waals surface area contributed by atoms with Crippen LogP contribution >= 0.6 is 0 Å². The van der Waals surface area contributed by atoms with E-state index in [-0.39, 0.29) is 47.1 Å². The Morgan fingerprint density at radius 1 is 0.949 bits per heavy atom. The van der Waals surface area contributed by atoms with Crippen molar-refractivity contribution in [2.45, 2.75) is 76.9 Å². The number of likely N-dealkylation sites (tertiary alicyclic amines) is 1. The number of fused-ring (bicyclic) bond motifs is 2. The maximum Gasteiger partial charge on any atom is 0.411 e. The monoisotopic (exact) mass is 819 g/mol. The first-order valence-corrected chi connectivity index (χ1v) is 23.6. The molecule has 0 spiro atoms. The Morgan fingerprint density at radius 2 is 1.69 bits per heavy atom. The Hall–Kier alpha value is -5.21. The molecule has 3 amide bonds. The van der Waals surface area contributed by atoms with Gasteiger partial charge in [-0.05, 0) is 78.4 Å². The molecule has 0 unspecified atom stereocenters. The molecule has 312 valence electrons. The van der Waals surface area contributed by atoms with Gasteiger partial charge in [0.25, 0.3) is 11.8 Å². The minimum absolute atomic E-state index is 0.0427. The van der Waals surface area contributed by atoms with Gasteiger partial charge in [-0.15, -0.1) is 0 Å².